The van der Waals surface area contributed by atoms with Crippen LogP contribution in [0, 0.1) is 0 Å². The summed E-state index contributed by atoms with van der Waals surface area (Å²) in [5, 5.41) is 1.24. The summed E-state index contributed by atoms with van der Waals surface area (Å²) in [6, 6.07) is 20.9. The van der Waals surface area contributed by atoms with Gasteiger partial charge in [0.05, 0.1) is 22.5 Å². The Hall–Kier alpha value is -3.02. The Balaban J connectivity index is 1.67. The van der Waals surface area contributed by atoms with Crippen molar-refractivity contribution in [3.63, 3.8) is 0 Å². The Morgan fingerprint density at radius 2 is 1.82 bits per heavy atom. The zero-order valence-electron chi connectivity index (χ0n) is 14.8. The summed E-state index contributed by atoms with van der Waals surface area (Å²) in [6.45, 7) is 0.340. The maximum absolute atomic E-state index is 13.0. The molecule has 6 heteroatoms. The molecule has 4 rings (SSSR count). The largest absolute Gasteiger partial charge is 0.278 e. The molecule has 1 amide bonds. The van der Waals surface area contributed by atoms with Crippen molar-refractivity contribution in [1.82, 2.24) is 9.97 Å². The zero-order valence-corrected chi connectivity index (χ0v) is 16.4. The third-order valence-electron chi connectivity index (χ3n) is 4.14. The number of rotatable bonds is 5. The monoisotopic (exact) mass is 405 g/mol. The topological polar surface area (TPSA) is 46.1 Å². The summed E-state index contributed by atoms with van der Waals surface area (Å²) in [5.74, 6) is -0.176. The van der Waals surface area contributed by atoms with Gasteiger partial charge in [0.25, 0.3) is 5.91 Å². The molecule has 2 aromatic heterocycles. The molecular formula is C22H16ClN3OS. The van der Waals surface area contributed by atoms with Gasteiger partial charge in [0, 0.05) is 17.3 Å². The van der Waals surface area contributed by atoms with Crippen LogP contribution in [0.2, 0.25) is 5.02 Å². The van der Waals surface area contributed by atoms with Crippen LogP contribution in [0.15, 0.2) is 79.0 Å². The van der Waals surface area contributed by atoms with Crippen LogP contribution in [-0.4, -0.2) is 15.9 Å². The summed E-state index contributed by atoms with van der Waals surface area (Å²) < 4.78 is 1.03. The number of carbonyl (C=O) groups is 1. The van der Waals surface area contributed by atoms with Gasteiger partial charge in [-0.25, -0.2) is 4.98 Å². The molecule has 0 aliphatic rings. The molecule has 0 saturated carbocycles. The average Bonchev–Trinajstić information content (AvgIpc) is 3.16. The predicted octanol–water partition coefficient (Wildman–Crippen LogP) is 5.59. The lowest BCUT2D eigenvalue weighted by Crippen LogP contribution is -2.29. The highest BCUT2D eigenvalue weighted by Crippen LogP contribution is 2.30. The Bertz CT molecular complexity index is 1110. The lowest BCUT2D eigenvalue weighted by atomic mass is 10.2. The van der Waals surface area contributed by atoms with E-state index in [4.69, 9.17) is 11.6 Å². The number of nitrogens with zero attached hydrogens (tertiary/aromatic N) is 3. The van der Waals surface area contributed by atoms with Gasteiger partial charge in [0.2, 0.25) is 0 Å². The number of aromatic nitrogens is 2. The lowest BCUT2D eigenvalue weighted by molar-refractivity contribution is -0.114. The minimum absolute atomic E-state index is 0.176. The summed E-state index contributed by atoms with van der Waals surface area (Å²) in [6.07, 6.45) is 4.97. The quantitative estimate of drug-likeness (QED) is 0.406. The van der Waals surface area contributed by atoms with E-state index in [1.807, 2.05) is 60.7 Å². The first-order valence-electron chi connectivity index (χ1n) is 8.70. The maximum Gasteiger partial charge on any atom is 0.253 e. The average molecular weight is 406 g/mol. The van der Waals surface area contributed by atoms with Crippen molar-refractivity contribution < 1.29 is 4.79 Å². The molecule has 2 aromatic carbocycles. The molecule has 0 bridgehead atoms. The molecule has 0 unspecified atom stereocenters. The van der Waals surface area contributed by atoms with E-state index in [9.17, 15) is 4.79 Å². The van der Waals surface area contributed by atoms with E-state index in [0.717, 1.165) is 21.5 Å². The number of benzene rings is 2. The molecule has 138 valence electrons. The number of anilines is 1. The second-order valence-electron chi connectivity index (χ2n) is 6.06. The fourth-order valence-electron chi connectivity index (χ4n) is 2.73. The Labute approximate surface area is 171 Å². The first kappa shape index (κ1) is 18.3. The molecule has 28 heavy (non-hydrogen) atoms. The van der Waals surface area contributed by atoms with Crippen LogP contribution in [0.1, 0.15) is 11.3 Å². The van der Waals surface area contributed by atoms with E-state index in [1.54, 1.807) is 23.2 Å². The highest BCUT2D eigenvalue weighted by atomic mass is 35.5. The van der Waals surface area contributed by atoms with Crippen molar-refractivity contribution >= 4 is 50.3 Å². The third-order valence-corrected chi connectivity index (χ3v) is 5.54. The van der Waals surface area contributed by atoms with Crippen LogP contribution in [0.4, 0.5) is 5.13 Å². The van der Waals surface area contributed by atoms with Gasteiger partial charge in [-0.3, -0.25) is 14.7 Å². The molecule has 2 heterocycles. The highest BCUT2D eigenvalue weighted by molar-refractivity contribution is 7.22. The molecule has 0 fully saturated rings. The predicted molar refractivity (Wildman–Crippen MR) is 116 cm³/mol. The highest BCUT2D eigenvalue weighted by Gasteiger charge is 2.19. The summed E-state index contributed by atoms with van der Waals surface area (Å²) in [7, 11) is 0. The summed E-state index contributed by atoms with van der Waals surface area (Å²) in [5.41, 5.74) is 2.46. The van der Waals surface area contributed by atoms with Gasteiger partial charge in [-0.1, -0.05) is 59.3 Å². The number of thiazole rings is 1. The van der Waals surface area contributed by atoms with Crippen LogP contribution in [0.5, 0.6) is 0 Å². The SMILES string of the molecule is O=C(/C=C/c1ccccc1Cl)N(Cc1ccccn1)c1nc2ccccc2s1. The van der Waals surface area contributed by atoms with Crippen molar-refractivity contribution in [2.75, 3.05) is 4.90 Å². The summed E-state index contributed by atoms with van der Waals surface area (Å²) >= 11 is 7.68. The number of fused-ring (bicyclic) bond motifs is 1. The van der Waals surface area contributed by atoms with E-state index < -0.39 is 0 Å². The minimum atomic E-state index is -0.176. The van der Waals surface area contributed by atoms with Gasteiger partial charge in [0.15, 0.2) is 5.13 Å². The molecule has 4 nitrogen and oxygen atoms in total. The first-order valence-corrected chi connectivity index (χ1v) is 9.90. The molecule has 4 aromatic rings. The third kappa shape index (κ3) is 4.11. The number of hydrogen-bond donors (Lipinski definition) is 0. The minimum Gasteiger partial charge on any atom is -0.278 e. The second kappa shape index (κ2) is 8.33. The smallest absolute Gasteiger partial charge is 0.253 e. The van der Waals surface area contributed by atoms with E-state index in [0.29, 0.717) is 16.7 Å². The number of carbonyl (C=O) groups excluding carboxylic acids is 1. The van der Waals surface area contributed by atoms with Crippen LogP contribution in [-0.2, 0) is 11.3 Å². The molecule has 0 aliphatic carbocycles. The Kier molecular flexibility index (Phi) is 5.46. The second-order valence-corrected chi connectivity index (χ2v) is 7.48. The van der Waals surface area contributed by atoms with Gasteiger partial charge < -0.3 is 0 Å². The number of hydrogen-bond acceptors (Lipinski definition) is 4. The van der Waals surface area contributed by atoms with Crippen molar-refractivity contribution in [3.05, 3.63) is 95.3 Å². The standard InChI is InChI=1S/C22H16ClN3OS/c23-18-9-2-1-7-16(18)12-13-21(27)26(15-17-8-5-6-14-24-17)22-25-19-10-3-4-11-20(19)28-22/h1-14H,15H2/b13-12+. The van der Waals surface area contributed by atoms with Gasteiger partial charge in [0.1, 0.15) is 0 Å². The molecule has 0 saturated heterocycles. The van der Waals surface area contributed by atoms with Crippen molar-refractivity contribution in [1.29, 1.82) is 0 Å². The first-order chi connectivity index (χ1) is 13.7. The van der Waals surface area contributed by atoms with Crippen molar-refractivity contribution in [2.45, 2.75) is 6.54 Å². The molecular weight excluding hydrogens is 390 g/mol. The lowest BCUT2D eigenvalue weighted by Gasteiger charge is -2.17. The Morgan fingerprint density at radius 3 is 2.61 bits per heavy atom. The fourth-order valence-corrected chi connectivity index (χ4v) is 3.90. The molecule has 0 spiro atoms. The van der Waals surface area contributed by atoms with Gasteiger partial charge in [-0.15, -0.1) is 0 Å². The Morgan fingerprint density at radius 1 is 1.04 bits per heavy atom. The van der Waals surface area contributed by atoms with Crippen LogP contribution < -0.4 is 4.90 Å². The number of amides is 1. The molecule has 0 N–H and O–H groups in total. The van der Waals surface area contributed by atoms with E-state index >= 15 is 0 Å². The summed E-state index contributed by atoms with van der Waals surface area (Å²) in [4.78, 5) is 23.7. The van der Waals surface area contributed by atoms with Crippen LogP contribution in [0.3, 0.4) is 0 Å². The van der Waals surface area contributed by atoms with E-state index in [1.165, 1.54) is 17.4 Å². The van der Waals surface area contributed by atoms with Gasteiger partial charge >= 0.3 is 0 Å². The number of para-hydroxylation sites is 1. The van der Waals surface area contributed by atoms with E-state index in [-0.39, 0.29) is 5.91 Å². The molecule has 0 atom stereocenters. The molecule has 0 aliphatic heterocycles. The zero-order chi connectivity index (χ0) is 19.3. The molecule has 0 radical (unpaired) electrons. The van der Waals surface area contributed by atoms with Crippen molar-refractivity contribution in [2.24, 2.45) is 0 Å². The van der Waals surface area contributed by atoms with Crippen molar-refractivity contribution in [3.8, 4) is 0 Å². The van der Waals surface area contributed by atoms with Crippen LogP contribution in [0.25, 0.3) is 16.3 Å². The van der Waals surface area contributed by atoms with E-state index in [2.05, 4.69) is 9.97 Å². The van der Waals surface area contributed by atoms with Gasteiger partial charge in [-0.2, -0.15) is 0 Å². The van der Waals surface area contributed by atoms with Crippen LogP contribution >= 0.6 is 22.9 Å². The fraction of sp³-hybridized carbons (Fsp3) is 0.0455. The maximum atomic E-state index is 13.0. The van der Waals surface area contributed by atoms with Gasteiger partial charge in [-0.05, 0) is 42.0 Å². The number of halogens is 1. The number of pyridine rings is 1. The normalized spacial score (nSPS) is 11.2.